The summed E-state index contributed by atoms with van der Waals surface area (Å²) in [4.78, 5) is 132. The van der Waals surface area contributed by atoms with E-state index in [1.807, 2.05) is 0 Å². The second-order valence-electron chi connectivity index (χ2n) is 15.5. The smallest absolute Gasteiger partial charge is 0.326 e. The maximum Gasteiger partial charge on any atom is 0.326 e. The fourth-order valence-corrected chi connectivity index (χ4v) is 5.87. The fraction of sp³-hybridized carbons (Fsp3) is 0.575. The monoisotopic (exact) mass is 904 g/mol. The van der Waals surface area contributed by atoms with Crippen LogP contribution >= 0.6 is 0 Å². The molecule has 0 aliphatic carbocycles. The van der Waals surface area contributed by atoms with Crippen LogP contribution in [0.4, 0.5) is 0 Å². The molecule has 0 bridgehead atoms. The fourth-order valence-electron chi connectivity index (χ4n) is 5.87. The Morgan fingerprint density at radius 3 is 1.73 bits per heavy atom. The largest absolute Gasteiger partial charge is 0.481 e. The number of amides is 8. The van der Waals surface area contributed by atoms with Crippen LogP contribution in [-0.4, -0.2) is 131 Å². The van der Waals surface area contributed by atoms with Gasteiger partial charge < -0.3 is 70.4 Å². The Kier molecular flexibility index (Phi) is 24.1. The molecule has 0 heterocycles. The van der Waals surface area contributed by atoms with E-state index in [0.717, 1.165) is 0 Å². The number of nitrogens with zero attached hydrogens (tertiary/aromatic N) is 1. The molecule has 0 aromatic heterocycles. The molecule has 356 valence electrons. The van der Waals surface area contributed by atoms with Gasteiger partial charge in [-0.1, -0.05) is 64.4 Å². The zero-order valence-electron chi connectivity index (χ0n) is 36.7. The van der Waals surface area contributed by atoms with Gasteiger partial charge in [0, 0.05) is 19.4 Å². The van der Waals surface area contributed by atoms with Crippen molar-refractivity contribution in [1.82, 2.24) is 37.2 Å². The van der Waals surface area contributed by atoms with Gasteiger partial charge in [0.15, 0.2) is 5.96 Å². The number of hydrogen-bond donors (Lipinski definition) is 13. The summed E-state index contributed by atoms with van der Waals surface area (Å²) in [6.45, 7) is 7.15. The highest BCUT2D eigenvalue weighted by Gasteiger charge is 2.34. The number of nitrogens with two attached hydrogens (primary N) is 4. The zero-order chi connectivity index (χ0) is 48.7. The van der Waals surface area contributed by atoms with E-state index in [-0.39, 0.29) is 38.2 Å². The number of carboxylic acids is 2. The first-order chi connectivity index (χ1) is 30.0. The number of carboxylic acid groups (broad SMARTS) is 2. The second kappa shape index (κ2) is 28.0. The maximum atomic E-state index is 13.7. The number of guanidine groups is 1. The molecule has 17 N–H and O–H groups in total. The minimum Gasteiger partial charge on any atom is -0.481 e. The summed E-state index contributed by atoms with van der Waals surface area (Å²) in [5, 5.41) is 36.1. The first-order valence-electron chi connectivity index (χ1n) is 20.6. The van der Waals surface area contributed by atoms with Crippen molar-refractivity contribution in [3.63, 3.8) is 0 Å². The van der Waals surface area contributed by atoms with Crippen molar-refractivity contribution in [3.05, 3.63) is 35.9 Å². The van der Waals surface area contributed by atoms with Crippen molar-refractivity contribution in [2.24, 2.45) is 39.8 Å². The van der Waals surface area contributed by atoms with E-state index < -0.39 is 133 Å². The average molecular weight is 905 g/mol. The predicted molar refractivity (Wildman–Crippen MR) is 231 cm³/mol. The number of carbonyl (C=O) groups excluding carboxylic acids is 8. The maximum absolute atomic E-state index is 13.7. The number of nitrogens with one attached hydrogen (secondary N) is 7. The van der Waals surface area contributed by atoms with E-state index >= 15 is 0 Å². The van der Waals surface area contributed by atoms with Gasteiger partial charge in [0.2, 0.25) is 47.3 Å². The highest BCUT2D eigenvalue weighted by molar-refractivity contribution is 5.97. The molecule has 0 saturated carbocycles. The van der Waals surface area contributed by atoms with Gasteiger partial charge in [0.05, 0.1) is 19.0 Å². The molecule has 0 saturated heterocycles. The molecule has 24 nitrogen and oxygen atoms in total. The van der Waals surface area contributed by atoms with Crippen LogP contribution in [0.2, 0.25) is 0 Å². The summed E-state index contributed by atoms with van der Waals surface area (Å²) >= 11 is 0. The Morgan fingerprint density at radius 1 is 0.656 bits per heavy atom. The molecule has 0 radical (unpaired) electrons. The van der Waals surface area contributed by atoms with E-state index in [1.54, 1.807) is 58.0 Å². The van der Waals surface area contributed by atoms with Gasteiger partial charge in [-0.05, 0) is 43.6 Å². The third-order valence-electron chi connectivity index (χ3n) is 9.70. The van der Waals surface area contributed by atoms with E-state index in [4.69, 9.17) is 22.9 Å². The normalized spacial score (nSPS) is 14.6. The Morgan fingerprint density at radius 2 is 1.20 bits per heavy atom. The van der Waals surface area contributed by atoms with Crippen LogP contribution in [0.5, 0.6) is 0 Å². The van der Waals surface area contributed by atoms with Crippen LogP contribution in [0.25, 0.3) is 0 Å². The number of carbonyl (C=O) groups is 10. The van der Waals surface area contributed by atoms with Gasteiger partial charge in [-0.3, -0.25) is 48.1 Å². The van der Waals surface area contributed by atoms with Crippen LogP contribution in [0.3, 0.4) is 0 Å². The first-order valence-corrected chi connectivity index (χ1v) is 20.6. The van der Waals surface area contributed by atoms with Gasteiger partial charge in [-0.2, -0.15) is 0 Å². The van der Waals surface area contributed by atoms with Crippen molar-refractivity contribution >= 4 is 65.2 Å². The van der Waals surface area contributed by atoms with E-state index in [1.165, 1.54) is 6.92 Å². The van der Waals surface area contributed by atoms with Gasteiger partial charge >= 0.3 is 11.9 Å². The highest BCUT2D eigenvalue weighted by atomic mass is 16.4. The number of aliphatic carboxylic acids is 2. The molecular weight excluding hydrogens is 841 g/mol. The summed E-state index contributed by atoms with van der Waals surface area (Å²) in [5.74, 6) is -11.4. The summed E-state index contributed by atoms with van der Waals surface area (Å²) < 4.78 is 0. The number of rotatable bonds is 29. The zero-order valence-corrected chi connectivity index (χ0v) is 36.7. The Bertz CT molecular complexity index is 1820. The van der Waals surface area contributed by atoms with E-state index in [2.05, 4.69) is 42.2 Å². The molecule has 0 aliphatic heterocycles. The molecule has 0 spiro atoms. The van der Waals surface area contributed by atoms with E-state index in [0.29, 0.717) is 12.0 Å². The molecule has 64 heavy (non-hydrogen) atoms. The summed E-state index contributed by atoms with van der Waals surface area (Å²) in [6.07, 6.45) is -1.32. The SMILES string of the molecule is CC[C@H](C)[C@H](NC(=O)[C@H](C)N)C(=O)N[C@@H](CCCN=C(N)N)C(=O)N[C@@H](CCC(N)=O)C(=O)NCC(=O)N[C@@H](CC(=O)O)C(=O)N[C@H](C(=O)N[C@@H](Cc1ccccc1)C(=O)O)C(C)C. The lowest BCUT2D eigenvalue weighted by Gasteiger charge is -2.28. The van der Waals surface area contributed by atoms with Gasteiger partial charge in [0.25, 0.3) is 0 Å². The first kappa shape index (κ1) is 55.2. The van der Waals surface area contributed by atoms with E-state index in [9.17, 15) is 58.2 Å². The predicted octanol–water partition coefficient (Wildman–Crippen LogP) is -3.82. The standard InChI is InChI=1S/C40H64N12O12/c1-6-21(4)32(52-33(57)22(5)41)38(62)49-24(13-10-16-45-40(43)44)35(59)48-25(14-15-28(42)53)34(58)46-19-29(54)47-26(18-30(55)56)36(60)51-31(20(2)3)37(61)50-27(39(63)64)17-23-11-8-7-9-12-23/h7-9,11-12,20-22,24-27,31-32H,6,10,13-19,41H2,1-5H3,(H2,42,53)(H,46,58)(H,47,54)(H,48,59)(H,49,62)(H,50,61)(H,51,60)(H,52,57)(H,55,56)(H,63,64)(H4,43,44,45)/t21-,22-,24-,25-,26-,27-,31-,32-/m0/s1. The molecule has 1 aromatic carbocycles. The lowest BCUT2D eigenvalue weighted by Crippen LogP contribution is -2.59. The molecular formula is C40H64N12O12. The average Bonchev–Trinajstić information content (AvgIpc) is 3.22. The van der Waals surface area contributed by atoms with Crippen molar-refractivity contribution < 1.29 is 58.2 Å². The Hall–Kier alpha value is -6.85. The van der Waals surface area contributed by atoms with Gasteiger partial charge in [-0.25, -0.2) is 4.79 Å². The summed E-state index contributed by atoms with van der Waals surface area (Å²) in [6, 6.07) is -1.05. The molecule has 8 amide bonds. The Labute approximate surface area is 370 Å². The van der Waals surface area contributed by atoms with Crippen LogP contribution < -0.4 is 60.2 Å². The molecule has 8 atom stereocenters. The number of hydrogen-bond acceptors (Lipinski definition) is 12. The summed E-state index contributed by atoms with van der Waals surface area (Å²) in [7, 11) is 0. The third-order valence-corrected chi connectivity index (χ3v) is 9.70. The lowest BCUT2D eigenvalue weighted by atomic mass is 9.97. The number of benzene rings is 1. The van der Waals surface area contributed by atoms with Crippen LogP contribution in [-0.2, 0) is 54.4 Å². The van der Waals surface area contributed by atoms with Crippen molar-refractivity contribution in [3.8, 4) is 0 Å². The molecule has 24 heteroatoms. The molecule has 1 rings (SSSR count). The van der Waals surface area contributed by atoms with Crippen LogP contribution in [0.1, 0.15) is 78.7 Å². The van der Waals surface area contributed by atoms with Gasteiger partial charge in [-0.15, -0.1) is 0 Å². The minimum atomic E-state index is -1.79. The minimum absolute atomic E-state index is 0.0467. The third kappa shape index (κ3) is 20.8. The quantitative estimate of drug-likeness (QED) is 0.0208. The molecule has 0 aliphatic rings. The van der Waals surface area contributed by atoms with Crippen LogP contribution in [0.15, 0.2) is 35.3 Å². The van der Waals surface area contributed by atoms with Crippen molar-refractivity contribution in [1.29, 1.82) is 0 Å². The summed E-state index contributed by atoms with van der Waals surface area (Å²) in [5.41, 5.74) is 22.4. The topological polar surface area (TPSA) is 412 Å². The van der Waals surface area contributed by atoms with Crippen molar-refractivity contribution in [2.45, 2.75) is 122 Å². The second-order valence-corrected chi connectivity index (χ2v) is 15.5. The highest BCUT2D eigenvalue weighted by Crippen LogP contribution is 2.11. The lowest BCUT2D eigenvalue weighted by molar-refractivity contribution is -0.143. The van der Waals surface area contributed by atoms with Crippen molar-refractivity contribution in [2.75, 3.05) is 13.1 Å². The Balaban J connectivity index is 3.21. The molecule has 0 fully saturated rings. The number of primary amides is 1. The van der Waals surface area contributed by atoms with Gasteiger partial charge in [0.1, 0.15) is 36.3 Å². The van der Waals surface area contributed by atoms with Crippen LogP contribution in [0, 0.1) is 11.8 Å². The number of aliphatic imine (C=N–C) groups is 1. The molecule has 1 aromatic rings. The molecule has 0 unspecified atom stereocenters.